The van der Waals surface area contributed by atoms with E-state index in [9.17, 15) is 9.59 Å². The van der Waals surface area contributed by atoms with E-state index in [4.69, 9.17) is 5.84 Å². The quantitative estimate of drug-likeness (QED) is 0.314. The zero-order valence-electron chi connectivity index (χ0n) is 11.1. The number of H-pyrrole nitrogens is 1. The zero-order valence-corrected chi connectivity index (χ0v) is 11.9. The average Bonchev–Trinajstić information content (AvgIpc) is 3.28. The molecule has 1 amide bonds. The van der Waals surface area contributed by atoms with Crippen LogP contribution in [0.3, 0.4) is 0 Å². The number of nitrogens with zero attached hydrogens (tertiary/aromatic N) is 3. The van der Waals surface area contributed by atoms with E-state index in [1.54, 1.807) is 16.7 Å². The number of pyridine rings is 1. The van der Waals surface area contributed by atoms with Gasteiger partial charge in [-0.3, -0.25) is 19.8 Å². The Morgan fingerprint density at radius 3 is 2.95 bits per heavy atom. The van der Waals surface area contributed by atoms with Crippen LogP contribution in [0.1, 0.15) is 34.9 Å². The first kappa shape index (κ1) is 13.8. The first-order valence-corrected chi connectivity index (χ1v) is 7.43. The van der Waals surface area contributed by atoms with E-state index in [2.05, 4.69) is 20.6 Å². The predicted molar refractivity (Wildman–Crippen MR) is 76.6 cm³/mol. The molecule has 21 heavy (non-hydrogen) atoms. The molecule has 4 N–H and O–H groups in total. The number of hydrogen-bond acceptors (Lipinski definition) is 6. The molecule has 3 rings (SSSR count). The molecular formula is C12H14N6O2S. The lowest BCUT2D eigenvalue weighted by molar-refractivity contribution is 0.0953. The number of thioether (sulfide) groups is 1. The molecule has 1 aliphatic carbocycles. The highest BCUT2D eigenvalue weighted by molar-refractivity contribution is 7.98. The lowest BCUT2D eigenvalue weighted by atomic mass is 10.2. The molecule has 0 unspecified atom stereocenters. The summed E-state index contributed by atoms with van der Waals surface area (Å²) >= 11 is 1.44. The lowest BCUT2D eigenvalue weighted by Gasteiger charge is -2.04. The monoisotopic (exact) mass is 306 g/mol. The Morgan fingerprint density at radius 1 is 1.52 bits per heavy atom. The van der Waals surface area contributed by atoms with Gasteiger partial charge >= 0.3 is 5.69 Å². The van der Waals surface area contributed by atoms with E-state index in [0.717, 1.165) is 18.5 Å². The van der Waals surface area contributed by atoms with Gasteiger partial charge in [-0.25, -0.2) is 15.7 Å². The highest BCUT2D eigenvalue weighted by atomic mass is 32.2. The highest BCUT2D eigenvalue weighted by Crippen LogP contribution is 2.36. The van der Waals surface area contributed by atoms with Gasteiger partial charge in [-0.2, -0.15) is 0 Å². The van der Waals surface area contributed by atoms with Gasteiger partial charge in [0.25, 0.3) is 5.91 Å². The van der Waals surface area contributed by atoms with E-state index in [0.29, 0.717) is 16.5 Å². The maximum Gasteiger partial charge on any atom is 0.344 e. The van der Waals surface area contributed by atoms with Gasteiger partial charge in [-0.1, -0.05) is 11.8 Å². The van der Waals surface area contributed by atoms with Crippen molar-refractivity contribution in [3.05, 3.63) is 40.1 Å². The summed E-state index contributed by atoms with van der Waals surface area (Å²) in [5.74, 6) is 5.25. The van der Waals surface area contributed by atoms with Crippen LogP contribution in [0, 0.1) is 0 Å². The van der Waals surface area contributed by atoms with Gasteiger partial charge in [0.1, 0.15) is 0 Å². The van der Waals surface area contributed by atoms with Crippen molar-refractivity contribution in [2.24, 2.45) is 5.84 Å². The number of nitrogens with one attached hydrogen (secondary N) is 2. The molecule has 1 aliphatic rings. The van der Waals surface area contributed by atoms with Gasteiger partial charge in [0.15, 0.2) is 5.16 Å². The summed E-state index contributed by atoms with van der Waals surface area (Å²) in [6.45, 7) is 0. The van der Waals surface area contributed by atoms with E-state index in [1.807, 2.05) is 0 Å². The van der Waals surface area contributed by atoms with Gasteiger partial charge in [0, 0.05) is 18.0 Å². The van der Waals surface area contributed by atoms with Crippen LogP contribution >= 0.6 is 11.8 Å². The second-order valence-electron chi connectivity index (χ2n) is 4.71. The van der Waals surface area contributed by atoms with Gasteiger partial charge in [-0.05, 0) is 25.0 Å². The molecule has 0 radical (unpaired) electrons. The molecule has 1 saturated carbocycles. The van der Waals surface area contributed by atoms with Crippen LogP contribution in [0.15, 0.2) is 28.3 Å². The van der Waals surface area contributed by atoms with Crippen LogP contribution in [-0.4, -0.2) is 25.7 Å². The van der Waals surface area contributed by atoms with Crippen molar-refractivity contribution in [3.8, 4) is 0 Å². The number of hydrazine groups is 1. The Kier molecular flexibility index (Phi) is 3.76. The Morgan fingerprint density at radius 2 is 2.33 bits per heavy atom. The van der Waals surface area contributed by atoms with Crippen molar-refractivity contribution in [1.82, 2.24) is 25.2 Å². The molecule has 0 bridgehead atoms. The summed E-state index contributed by atoms with van der Waals surface area (Å²) < 4.78 is 1.70. The molecule has 110 valence electrons. The number of nitrogens with two attached hydrogens (primary N) is 1. The van der Waals surface area contributed by atoms with Crippen LogP contribution in [-0.2, 0) is 5.75 Å². The third kappa shape index (κ3) is 2.98. The number of aromatic nitrogens is 4. The average molecular weight is 306 g/mol. The first-order chi connectivity index (χ1) is 10.2. The number of carbonyl (C=O) groups excluding carboxylic acids is 1. The highest BCUT2D eigenvalue weighted by Gasteiger charge is 2.28. The molecule has 2 heterocycles. The molecule has 0 atom stereocenters. The largest absolute Gasteiger partial charge is 0.344 e. The lowest BCUT2D eigenvalue weighted by Crippen LogP contribution is -2.30. The third-order valence-corrected chi connectivity index (χ3v) is 4.14. The molecule has 2 aromatic rings. The Hall–Kier alpha value is -2.13. The zero-order chi connectivity index (χ0) is 14.8. The summed E-state index contributed by atoms with van der Waals surface area (Å²) in [6.07, 6.45) is 3.51. The minimum atomic E-state index is -0.378. The molecule has 1 fully saturated rings. The standard InChI is InChI=1S/C12H14N6O2S/c13-15-10(19)7-1-2-8(14-5-7)6-21-12-17-16-11(20)18(12)9-3-4-9/h1-2,5,9H,3-4,6,13H2,(H,15,19)(H,16,20). The van der Waals surface area contributed by atoms with Gasteiger partial charge in [0.2, 0.25) is 0 Å². The van der Waals surface area contributed by atoms with Gasteiger partial charge in [0.05, 0.1) is 11.3 Å². The van der Waals surface area contributed by atoms with Crippen LogP contribution < -0.4 is 17.0 Å². The number of hydrogen-bond donors (Lipinski definition) is 3. The van der Waals surface area contributed by atoms with Crippen molar-refractivity contribution in [2.45, 2.75) is 29.8 Å². The molecule has 0 spiro atoms. The van der Waals surface area contributed by atoms with Crippen molar-refractivity contribution in [1.29, 1.82) is 0 Å². The number of carbonyl (C=O) groups is 1. The van der Waals surface area contributed by atoms with Gasteiger partial charge < -0.3 is 0 Å². The fourth-order valence-electron chi connectivity index (χ4n) is 1.91. The van der Waals surface area contributed by atoms with Crippen molar-refractivity contribution in [2.75, 3.05) is 0 Å². The van der Waals surface area contributed by atoms with Crippen LogP contribution in [0.5, 0.6) is 0 Å². The molecule has 0 saturated heterocycles. The normalized spacial score (nSPS) is 14.1. The predicted octanol–water partition coefficient (Wildman–Crippen LogP) is 0.197. The molecule has 8 nitrogen and oxygen atoms in total. The summed E-state index contributed by atoms with van der Waals surface area (Å²) in [5, 5.41) is 7.18. The fourth-order valence-corrected chi connectivity index (χ4v) is 2.84. The summed E-state index contributed by atoms with van der Waals surface area (Å²) in [5.41, 5.74) is 3.09. The molecule has 9 heteroatoms. The second kappa shape index (κ2) is 5.70. The SMILES string of the molecule is NNC(=O)c1ccc(CSc2n[nH]c(=O)n2C2CC2)nc1. The van der Waals surface area contributed by atoms with Crippen LogP contribution in [0.4, 0.5) is 0 Å². The van der Waals surface area contributed by atoms with Crippen molar-refractivity contribution < 1.29 is 4.79 Å². The van der Waals surface area contributed by atoms with E-state index < -0.39 is 0 Å². The smallest absolute Gasteiger partial charge is 0.290 e. The molecular weight excluding hydrogens is 292 g/mol. The molecule has 2 aromatic heterocycles. The topological polar surface area (TPSA) is 119 Å². The second-order valence-corrected chi connectivity index (χ2v) is 5.66. The maximum atomic E-state index is 11.6. The Bertz CT molecular complexity index is 703. The van der Waals surface area contributed by atoms with E-state index >= 15 is 0 Å². The number of amides is 1. The molecule has 0 aliphatic heterocycles. The Balaban J connectivity index is 1.68. The van der Waals surface area contributed by atoms with Gasteiger partial charge in [-0.15, -0.1) is 5.10 Å². The first-order valence-electron chi connectivity index (χ1n) is 6.44. The summed E-state index contributed by atoms with van der Waals surface area (Å²) in [4.78, 5) is 27.1. The van der Waals surface area contributed by atoms with Crippen molar-refractivity contribution >= 4 is 17.7 Å². The summed E-state index contributed by atoms with van der Waals surface area (Å²) in [6, 6.07) is 3.69. The van der Waals surface area contributed by atoms with E-state index in [1.165, 1.54) is 18.0 Å². The molecule has 0 aromatic carbocycles. The minimum absolute atomic E-state index is 0.164. The number of aromatic amines is 1. The third-order valence-electron chi connectivity index (χ3n) is 3.15. The minimum Gasteiger partial charge on any atom is -0.290 e. The fraction of sp³-hybridized carbons (Fsp3) is 0.333. The van der Waals surface area contributed by atoms with Crippen LogP contribution in [0.25, 0.3) is 0 Å². The van der Waals surface area contributed by atoms with E-state index in [-0.39, 0.29) is 17.6 Å². The number of rotatable bonds is 5. The van der Waals surface area contributed by atoms with Crippen molar-refractivity contribution in [3.63, 3.8) is 0 Å². The maximum absolute atomic E-state index is 11.6. The summed E-state index contributed by atoms with van der Waals surface area (Å²) in [7, 11) is 0. The van der Waals surface area contributed by atoms with Crippen LogP contribution in [0.2, 0.25) is 0 Å². The number of nitrogen functional groups attached to an aromatic ring is 1. The Labute approximate surface area is 124 Å².